The zero-order valence-electron chi connectivity index (χ0n) is 16.5. The standard InChI is InChI=1S/C22H24N2O4S/c1-3-28-19-11-13-20(14-12-19)29(26,27)24(2)16-22(25)23-15-18-9-6-8-17-7-4-5-10-21(17)18/h4-14H,3,15-16H2,1-2H3,(H,23,25). The Hall–Kier alpha value is -2.90. The van der Waals surface area contributed by atoms with Crippen molar-refractivity contribution in [2.75, 3.05) is 20.2 Å². The molecule has 0 aromatic heterocycles. The Morgan fingerprint density at radius 2 is 1.69 bits per heavy atom. The van der Waals surface area contributed by atoms with Gasteiger partial charge in [0.25, 0.3) is 0 Å². The summed E-state index contributed by atoms with van der Waals surface area (Å²) in [5.41, 5.74) is 0.980. The van der Waals surface area contributed by atoms with Crippen LogP contribution in [0.1, 0.15) is 12.5 Å². The fourth-order valence-electron chi connectivity index (χ4n) is 3.04. The zero-order chi connectivity index (χ0) is 20.9. The number of hydrogen-bond acceptors (Lipinski definition) is 4. The van der Waals surface area contributed by atoms with Gasteiger partial charge in [-0.2, -0.15) is 4.31 Å². The maximum absolute atomic E-state index is 12.7. The molecule has 0 bridgehead atoms. The number of nitrogens with one attached hydrogen (secondary N) is 1. The number of rotatable bonds is 8. The minimum atomic E-state index is -3.77. The molecule has 3 aromatic rings. The molecular formula is C22H24N2O4S. The molecule has 0 atom stereocenters. The monoisotopic (exact) mass is 412 g/mol. The van der Waals surface area contributed by atoms with E-state index in [0.717, 1.165) is 20.6 Å². The van der Waals surface area contributed by atoms with E-state index in [1.807, 2.05) is 49.4 Å². The van der Waals surface area contributed by atoms with Gasteiger partial charge in [0, 0.05) is 13.6 Å². The van der Waals surface area contributed by atoms with Gasteiger partial charge in [-0.05, 0) is 47.5 Å². The van der Waals surface area contributed by atoms with Crippen molar-refractivity contribution < 1.29 is 17.9 Å². The van der Waals surface area contributed by atoms with Gasteiger partial charge in [-0.3, -0.25) is 4.79 Å². The molecular weight excluding hydrogens is 388 g/mol. The number of hydrogen-bond donors (Lipinski definition) is 1. The molecule has 0 aliphatic rings. The molecule has 0 aliphatic carbocycles. The van der Waals surface area contributed by atoms with Crippen LogP contribution in [0, 0.1) is 0 Å². The van der Waals surface area contributed by atoms with Gasteiger partial charge >= 0.3 is 0 Å². The van der Waals surface area contributed by atoms with Crippen molar-refractivity contribution in [2.24, 2.45) is 0 Å². The molecule has 0 radical (unpaired) electrons. The molecule has 0 saturated carbocycles. The van der Waals surface area contributed by atoms with Crippen LogP contribution in [0.4, 0.5) is 0 Å². The van der Waals surface area contributed by atoms with Crippen molar-refractivity contribution in [3.8, 4) is 5.75 Å². The molecule has 0 saturated heterocycles. The van der Waals surface area contributed by atoms with Crippen LogP contribution < -0.4 is 10.1 Å². The van der Waals surface area contributed by atoms with Gasteiger partial charge in [0.2, 0.25) is 15.9 Å². The molecule has 1 N–H and O–H groups in total. The number of nitrogens with zero attached hydrogens (tertiary/aromatic N) is 1. The van der Waals surface area contributed by atoms with E-state index < -0.39 is 10.0 Å². The number of carbonyl (C=O) groups is 1. The molecule has 3 rings (SSSR count). The maximum atomic E-state index is 12.7. The van der Waals surface area contributed by atoms with E-state index in [9.17, 15) is 13.2 Å². The van der Waals surface area contributed by atoms with Crippen molar-refractivity contribution >= 4 is 26.7 Å². The predicted molar refractivity (Wildman–Crippen MR) is 113 cm³/mol. The molecule has 0 aliphatic heterocycles. The van der Waals surface area contributed by atoms with Crippen LogP contribution in [0.2, 0.25) is 0 Å². The van der Waals surface area contributed by atoms with Gasteiger partial charge in [0.15, 0.2) is 0 Å². The third-order valence-electron chi connectivity index (χ3n) is 4.57. The van der Waals surface area contributed by atoms with Gasteiger partial charge in [-0.1, -0.05) is 42.5 Å². The second kappa shape index (κ2) is 9.07. The summed E-state index contributed by atoms with van der Waals surface area (Å²) < 4.78 is 31.8. The van der Waals surface area contributed by atoms with E-state index in [-0.39, 0.29) is 17.3 Å². The van der Waals surface area contributed by atoms with Crippen LogP contribution in [0.25, 0.3) is 10.8 Å². The van der Waals surface area contributed by atoms with E-state index in [4.69, 9.17) is 4.74 Å². The molecule has 1 amide bonds. The van der Waals surface area contributed by atoms with E-state index in [1.54, 1.807) is 12.1 Å². The summed E-state index contributed by atoms with van der Waals surface area (Å²) in [5, 5.41) is 4.96. The highest BCUT2D eigenvalue weighted by Crippen LogP contribution is 2.20. The van der Waals surface area contributed by atoms with Crippen LogP contribution in [-0.2, 0) is 21.4 Å². The second-order valence-corrected chi connectivity index (χ2v) is 8.63. The van der Waals surface area contributed by atoms with Crippen molar-refractivity contribution in [3.63, 3.8) is 0 Å². The number of amides is 1. The number of sulfonamides is 1. The first-order chi connectivity index (χ1) is 13.9. The van der Waals surface area contributed by atoms with Crippen molar-refractivity contribution in [1.29, 1.82) is 0 Å². The van der Waals surface area contributed by atoms with Crippen LogP contribution >= 0.6 is 0 Å². The summed E-state index contributed by atoms with van der Waals surface area (Å²) in [5.74, 6) is 0.233. The van der Waals surface area contributed by atoms with E-state index in [2.05, 4.69) is 5.32 Å². The van der Waals surface area contributed by atoms with E-state index >= 15 is 0 Å². The van der Waals surface area contributed by atoms with Crippen molar-refractivity contribution in [2.45, 2.75) is 18.4 Å². The predicted octanol–water partition coefficient (Wildman–Crippen LogP) is 3.18. The SMILES string of the molecule is CCOc1ccc(S(=O)(=O)N(C)CC(=O)NCc2cccc3ccccc23)cc1. The minimum Gasteiger partial charge on any atom is -0.494 e. The normalized spacial score (nSPS) is 11.6. The molecule has 0 fully saturated rings. The maximum Gasteiger partial charge on any atom is 0.243 e. The highest BCUT2D eigenvalue weighted by atomic mass is 32.2. The Bertz CT molecular complexity index is 1090. The van der Waals surface area contributed by atoms with Crippen molar-refractivity contribution in [1.82, 2.24) is 9.62 Å². The van der Waals surface area contributed by atoms with Crippen LogP contribution in [0.3, 0.4) is 0 Å². The van der Waals surface area contributed by atoms with Crippen LogP contribution in [-0.4, -0.2) is 38.8 Å². The molecule has 0 heterocycles. The average Bonchev–Trinajstić information content (AvgIpc) is 2.73. The number of benzene rings is 3. The summed E-state index contributed by atoms with van der Waals surface area (Å²) in [6.07, 6.45) is 0. The summed E-state index contributed by atoms with van der Waals surface area (Å²) in [6.45, 7) is 2.43. The van der Waals surface area contributed by atoms with Gasteiger partial charge in [0.05, 0.1) is 18.0 Å². The smallest absolute Gasteiger partial charge is 0.243 e. The summed E-state index contributed by atoms with van der Waals surface area (Å²) in [6, 6.07) is 20.0. The first kappa shape index (κ1) is 20.8. The first-order valence-corrected chi connectivity index (χ1v) is 10.8. The Morgan fingerprint density at radius 1 is 1.00 bits per heavy atom. The summed E-state index contributed by atoms with van der Waals surface area (Å²) in [7, 11) is -2.37. The molecule has 152 valence electrons. The number of ether oxygens (including phenoxy) is 1. The lowest BCUT2D eigenvalue weighted by atomic mass is 10.0. The van der Waals surface area contributed by atoms with Gasteiger partial charge in [0.1, 0.15) is 5.75 Å². The average molecular weight is 413 g/mol. The molecule has 29 heavy (non-hydrogen) atoms. The molecule has 6 nitrogen and oxygen atoms in total. The molecule has 0 spiro atoms. The minimum absolute atomic E-state index is 0.116. The highest BCUT2D eigenvalue weighted by Gasteiger charge is 2.23. The van der Waals surface area contributed by atoms with Crippen molar-refractivity contribution in [3.05, 3.63) is 72.3 Å². The number of fused-ring (bicyclic) bond motifs is 1. The number of carbonyl (C=O) groups excluding carboxylic acids is 1. The lowest BCUT2D eigenvalue weighted by molar-refractivity contribution is -0.121. The summed E-state index contributed by atoms with van der Waals surface area (Å²) in [4.78, 5) is 12.5. The Labute approximate surface area is 171 Å². The third kappa shape index (κ3) is 4.93. The van der Waals surface area contributed by atoms with Gasteiger partial charge in [-0.25, -0.2) is 8.42 Å². The molecule has 7 heteroatoms. The summed E-state index contributed by atoms with van der Waals surface area (Å²) >= 11 is 0. The lowest BCUT2D eigenvalue weighted by Crippen LogP contribution is -2.38. The largest absolute Gasteiger partial charge is 0.494 e. The Balaban J connectivity index is 1.63. The topological polar surface area (TPSA) is 75.7 Å². The molecule has 3 aromatic carbocycles. The molecule has 0 unspecified atom stereocenters. The fraction of sp³-hybridized carbons (Fsp3) is 0.227. The third-order valence-corrected chi connectivity index (χ3v) is 6.38. The second-order valence-electron chi connectivity index (χ2n) is 6.58. The highest BCUT2D eigenvalue weighted by molar-refractivity contribution is 7.89. The van der Waals surface area contributed by atoms with Crippen LogP contribution in [0.5, 0.6) is 5.75 Å². The number of likely N-dealkylation sites (N-methyl/N-ethyl adjacent to an activating group) is 1. The lowest BCUT2D eigenvalue weighted by Gasteiger charge is -2.17. The first-order valence-electron chi connectivity index (χ1n) is 9.34. The van der Waals surface area contributed by atoms with E-state index in [1.165, 1.54) is 19.2 Å². The van der Waals surface area contributed by atoms with Gasteiger partial charge < -0.3 is 10.1 Å². The van der Waals surface area contributed by atoms with Crippen LogP contribution in [0.15, 0.2) is 71.6 Å². The quantitative estimate of drug-likeness (QED) is 0.617. The fourth-order valence-corrected chi connectivity index (χ4v) is 4.17. The van der Waals surface area contributed by atoms with E-state index in [0.29, 0.717) is 18.9 Å². The van der Waals surface area contributed by atoms with Gasteiger partial charge in [-0.15, -0.1) is 0 Å². The Kier molecular flexibility index (Phi) is 6.51. The zero-order valence-corrected chi connectivity index (χ0v) is 17.3. The Morgan fingerprint density at radius 3 is 2.41 bits per heavy atom.